The van der Waals surface area contributed by atoms with E-state index in [-0.39, 0.29) is 24.7 Å². The van der Waals surface area contributed by atoms with Gasteiger partial charge in [-0.05, 0) is 35.8 Å². The number of carbonyl (C=O) groups excluding carboxylic acids is 1. The highest BCUT2D eigenvalue weighted by atomic mass is 79.9. The van der Waals surface area contributed by atoms with Gasteiger partial charge in [-0.1, -0.05) is 0 Å². The van der Waals surface area contributed by atoms with Crippen LogP contribution < -0.4 is 0 Å². The first-order valence-electron chi connectivity index (χ1n) is 7.19. The lowest BCUT2D eigenvalue weighted by molar-refractivity contribution is -0.142. The Morgan fingerprint density at radius 1 is 1.38 bits per heavy atom. The predicted octanol–water partition coefficient (Wildman–Crippen LogP) is 2.85. The van der Waals surface area contributed by atoms with Crippen molar-refractivity contribution in [1.29, 1.82) is 0 Å². The van der Waals surface area contributed by atoms with E-state index in [1.54, 1.807) is 17.9 Å². The fourth-order valence-corrected chi connectivity index (χ4v) is 2.52. The van der Waals surface area contributed by atoms with Gasteiger partial charge in [0, 0.05) is 25.5 Å². The SMILES string of the molecule is CCn1cc(Br)c(CN(C)C(=O)Cn2nc(C(F)(F)F)cc2C)n1. The first-order chi connectivity index (χ1) is 11.1. The van der Waals surface area contributed by atoms with Gasteiger partial charge in [-0.15, -0.1) is 0 Å². The summed E-state index contributed by atoms with van der Waals surface area (Å²) in [4.78, 5) is 13.7. The van der Waals surface area contributed by atoms with Gasteiger partial charge in [0.1, 0.15) is 6.54 Å². The fourth-order valence-electron chi connectivity index (χ4n) is 2.08. The Kier molecular flexibility index (Phi) is 5.36. The molecule has 2 aromatic heterocycles. The zero-order valence-electron chi connectivity index (χ0n) is 13.4. The second kappa shape index (κ2) is 6.96. The quantitative estimate of drug-likeness (QED) is 0.765. The topological polar surface area (TPSA) is 56.0 Å². The van der Waals surface area contributed by atoms with Crippen LogP contribution in [0.5, 0.6) is 0 Å². The van der Waals surface area contributed by atoms with Gasteiger partial charge in [-0.2, -0.15) is 23.4 Å². The Hall–Kier alpha value is -1.84. The van der Waals surface area contributed by atoms with Crippen LogP contribution in [-0.2, 0) is 30.6 Å². The van der Waals surface area contributed by atoms with Crippen molar-refractivity contribution in [1.82, 2.24) is 24.5 Å². The van der Waals surface area contributed by atoms with Crippen molar-refractivity contribution in [3.63, 3.8) is 0 Å². The molecule has 0 spiro atoms. The van der Waals surface area contributed by atoms with Crippen molar-refractivity contribution in [2.75, 3.05) is 7.05 Å². The number of carbonyl (C=O) groups is 1. The van der Waals surface area contributed by atoms with E-state index in [4.69, 9.17) is 0 Å². The van der Waals surface area contributed by atoms with E-state index in [0.717, 1.165) is 15.2 Å². The summed E-state index contributed by atoms with van der Waals surface area (Å²) in [7, 11) is 1.57. The average Bonchev–Trinajstić information content (AvgIpc) is 3.02. The number of hydrogen-bond donors (Lipinski definition) is 0. The minimum Gasteiger partial charge on any atom is -0.338 e. The maximum Gasteiger partial charge on any atom is 0.435 e. The van der Waals surface area contributed by atoms with Crippen molar-refractivity contribution >= 4 is 21.8 Å². The Morgan fingerprint density at radius 2 is 2.04 bits per heavy atom. The van der Waals surface area contributed by atoms with Crippen LogP contribution >= 0.6 is 15.9 Å². The molecule has 0 N–H and O–H groups in total. The lowest BCUT2D eigenvalue weighted by Gasteiger charge is -2.16. The minimum absolute atomic E-state index is 0.249. The van der Waals surface area contributed by atoms with Crippen LogP contribution in [0.15, 0.2) is 16.7 Å². The zero-order chi connectivity index (χ0) is 18.1. The molecule has 0 aliphatic rings. The van der Waals surface area contributed by atoms with Crippen LogP contribution in [0.25, 0.3) is 0 Å². The third-order valence-electron chi connectivity index (χ3n) is 3.48. The number of rotatable bonds is 5. The average molecular weight is 408 g/mol. The van der Waals surface area contributed by atoms with Crippen molar-refractivity contribution in [2.45, 2.75) is 39.7 Å². The van der Waals surface area contributed by atoms with Gasteiger partial charge >= 0.3 is 6.18 Å². The lowest BCUT2D eigenvalue weighted by atomic mass is 10.3. The summed E-state index contributed by atoms with van der Waals surface area (Å²) in [6.07, 6.45) is -2.72. The highest BCUT2D eigenvalue weighted by Gasteiger charge is 2.34. The number of aromatic nitrogens is 4. The molecule has 0 atom stereocenters. The molecule has 0 unspecified atom stereocenters. The predicted molar refractivity (Wildman–Crippen MR) is 84.0 cm³/mol. The third-order valence-corrected chi connectivity index (χ3v) is 4.14. The number of nitrogens with zero attached hydrogens (tertiary/aromatic N) is 5. The van der Waals surface area contributed by atoms with Gasteiger partial charge in [0.15, 0.2) is 5.69 Å². The van der Waals surface area contributed by atoms with E-state index in [0.29, 0.717) is 12.2 Å². The molecule has 2 aromatic rings. The highest BCUT2D eigenvalue weighted by molar-refractivity contribution is 9.10. The van der Waals surface area contributed by atoms with Crippen molar-refractivity contribution < 1.29 is 18.0 Å². The molecule has 2 rings (SSSR count). The molecule has 6 nitrogen and oxygen atoms in total. The molecule has 0 fully saturated rings. The van der Waals surface area contributed by atoms with Gasteiger partial charge in [0.05, 0.1) is 16.7 Å². The molecule has 10 heteroatoms. The number of alkyl halides is 3. The first-order valence-corrected chi connectivity index (χ1v) is 7.98. The summed E-state index contributed by atoms with van der Waals surface area (Å²) in [6.45, 7) is 4.11. The molecule has 0 aromatic carbocycles. The molecule has 0 saturated carbocycles. The molecule has 1 amide bonds. The summed E-state index contributed by atoms with van der Waals surface area (Å²) in [6, 6.07) is 0.923. The number of hydrogen-bond acceptors (Lipinski definition) is 3. The van der Waals surface area contributed by atoms with Crippen LogP contribution in [0.4, 0.5) is 13.2 Å². The third kappa shape index (κ3) is 4.16. The molecule has 0 saturated heterocycles. The summed E-state index contributed by atoms with van der Waals surface area (Å²) < 4.78 is 41.5. The van der Waals surface area contributed by atoms with Gasteiger partial charge in [-0.3, -0.25) is 14.2 Å². The summed E-state index contributed by atoms with van der Waals surface area (Å²) in [5.41, 5.74) is -0.0405. The van der Waals surface area contributed by atoms with E-state index in [1.165, 1.54) is 11.8 Å². The van der Waals surface area contributed by atoms with E-state index in [1.807, 2.05) is 6.92 Å². The molecule has 132 valence electrons. The van der Waals surface area contributed by atoms with Crippen LogP contribution in [0, 0.1) is 6.92 Å². The summed E-state index contributed by atoms with van der Waals surface area (Å²) in [5.74, 6) is -0.354. The molecule has 0 aliphatic heterocycles. The molecular weight excluding hydrogens is 391 g/mol. The molecule has 2 heterocycles. The summed E-state index contributed by atoms with van der Waals surface area (Å²) in [5, 5.41) is 7.78. The second-order valence-corrected chi connectivity index (χ2v) is 6.21. The van der Waals surface area contributed by atoms with Crippen LogP contribution in [0.2, 0.25) is 0 Å². The van der Waals surface area contributed by atoms with E-state index in [2.05, 4.69) is 26.1 Å². The van der Waals surface area contributed by atoms with Crippen molar-refractivity contribution in [3.05, 3.63) is 33.8 Å². The fraction of sp³-hybridized carbons (Fsp3) is 0.500. The van der Waals surface area contributed by atoms with Crippen molar-refractivity contribution in [2.24, 2.45) is 0 Å². The molecule has 0 radical (unpaired) electrons. The maximum absolute atomic E-state index is 12.7. The smallest absolute Gasteiger partial charge is 0.338 e. The number of amides is 1. The zero-order valence-corrected chi connectivity index (χ0v) is 15.0. The largest absolute Gasteiger partial charge is 0.435 e. The highest BCUT2D eigenvalue weighted by Crippen LogP contribution is 2.28. The maximum atomic E-state index is 12.7. The lowest BCUT2D eigenvalue weighted by Crippen LogP contribution is -2.30. The van der Waals surface area contributed by atoms with E-state index < -0.39 is 11.9 Å². The molecular formula is C14H17BrF3N5O. The van der Waals surface area contributed by atoms with Crippen LogP contribution in [-0.4, -0.2) is 37.4 Å². The molecule has 0 bridgehead atoms. The van der Waals surface area contributed by atoms with Gasteiger partial charge in [0.25, 0.3) is 0 Å². The monoisotopic (exact) mass is 407 g/mol. The number of likely N-dealkylation sites (N-methyl/N-ethyl adjacent to an activating group) is 1. The Morgan fingerprint density at radius 3 is 2.54 bits per heavy atom. The number of aryl methyl sites for hydroxylation is 2. The number of halogens is 4. The molecule has 0 aliphatic carbocycles. The Labute approximate surface area is 145 Å². The standard InChI is InChI=1S/C14H17BrF3N5O/c1-4-22-6-10(15)11(19-22)7-21(3)13(24)8-23-9(2)5-12(20-23)14(16,17)18/h5-6H,4,7-8H2,1-3H3. The first kappa shape index (κ1) is 18.5. The Balaban J connectivity index is 2.06. The van der Waals surface area contributed by atoms with Gasteiger partial charge in [-0.25, -0.2) is 0 Å². The van der Waals surface area contributed by atoms with E-state index >= 15 is 0 Å². The summed E-state index contributed by atoms with van der Waals surface area (Å²) >= 11 is 3.38. The van der Waals surface area contributed by atoms with Gasteiger partial charge < -0.3 is 4.90 Å². The van der Waals surface area contributed by atoms with E-state index in [9.17, 15) is 18.0 Å². The second-order valence-electron chi connectivity index (χ2n) is 5.36. The normalized spacial score (nSPS) is 11.8. The minimum atomic E-state index is -4.52. The van der Waals surface area contributed by atoms with Crippen molar-refractivity contribution in [3.8, 4) is 0 Å². The van der Waals surface area contributed by atoms with Crippen LogP contribution in [0.3, 0.4) is 0 Å². The van der Waals surface area contributed by atoms with Gasteiger partial charge in [0.2, 0.25) is 5.91 Å². The van der Waals surface area contributed by atoms with Crippen LogP contribution in [0.1, 0.15) is 24.0 Å². The molecule has 24 heavy (non-hydrogen) atoms. The Bertz CT molecular complexity index is 737.